The fraction of sp³-hybridized carbons (Fsp3) is 0.318. The van der Waals surface area contributed by atoms with Gasteiger partial charge in [-0.15, -0.1) is 0 Å². The molecule has 0 radical (unpaired) electrons. The minimum Gasteiger partial charge on any atom is -0.458 e. The number of esters is 1. The first kappa shape index (κ1) is 21.2. The monoisotopic (exact) mass is 417 g/mol. The lowest BCUT2D eigenvalue weighted by Crippen LogP contribution is -2.31. The van der Waals surface area contributed by atoms with Crippen LogP contribution in [0.25, 0.3) is 6.08 Å². The number of nitrogens with zero attached hydrogens (tertiary/aromatic N) is 1. The van der Waals surface area contributed by atoms with Crippen LogP contribution in [-0.4, -0.2) is 31.8 Å². The standard InChI is InChI=1S/C22H24FNO4S/c23-21-8-4-3-7-19(21)17-28-22(25)14-11-18-9-12-20(13-10-18)29(26,27)24-15-5-1-2-6-16-24/h3-4,7-14H,1-2,5-6,15-17H2. The predicted molar refractivity (Wildman–Crippen MR) is 109 cm³/mol. The summed E-state index contributed by atoms with van der Waals surface area (Å²) >= 11 is 0. The van der Waals surface area contributed by atoms with Gasteiger partial charge >= 0.3 is 5.97 Å². The van der Waals surface area contributed by atoms with Gasteiger partial charge < -0.3 is 4.74 Å². The van der Waals surface area contributed by atoms with Crippen LogP contribution in [0.4, 0.5) is 4.39 Å². The largest absolute Gasteiger partial charge is 0.458 e. The molecule has 2 aromatic carbocycles. The van der Waals surface area contributed by atoms with Crippen LogP contribution in [0.1, 0.15) is 36.8 Å². The van der Waals surface area contributed by atoms with E-state index < -0.39 is 21.8 Å². The van der Waals surface area contributed by atoms with E-state index in [2.05, 4.69) is 0 Å². The van der Waals surface area contributed by atoms with Crippen LogP contribution in [0.5, 0.6) is 0 Å². The molecule has 1 fully saturated rings. The highest BCUT2D eigenvalue weighted by Crippen LogP contribution is 2.21. The second kappa shape index (κ2) is 9.80. The molecule has 0 aliphatic carbocycles. The maximum Gasteiger partial charge on any atom is 0.331 e. The van der Waals surface area contributed by atoms with Gasteiger partial charge in [0.2, 0.25) is 10.0 Å². The summed E-state index contributed by atoms with van der Waals surface area (Å²) in [7, 11) is -3.49. The Morgan fingerprint density at radius 2 is 1.66 bits per heavy atom. The highest BCUT2D eigenvalue weighted by Gasteiger charge is 2.24. The number of carbonyl (C=O) groups excluding carboxylic acids is 1. The fourth-order valence-corrected chi connectivity index (χ4v) is 4.68. The van der Waals surface area contributed by atoms with Crippen molar-refractivity contribution in [1.29, 1.82) is 0 Å². The SMILES string of the molecule is O=C(C=Cc1ccc(S(=O)(=O)N2CCCCCC2)cc1)OCc1ccccc1F. The highest BCUT2D eigenvalue weighted by atomic mass is 32.2. The number of hydrogen-bond donors (Lipinski definition) is 0. The van der Waals surface area contributed by atoms with Crippen LogP contribution < -0.4 is 0 Å². The molecule has 0 saturated carbocycles. The summed E-state index contributed by atoms with van der Waals surface area (Å²) in [5.41, 5.74) is 0.972. The van der Waals surface area contributed by atoms with Crippen molar-refractivity contribution in [1.82, 2.24) is 4.31 Å². The molecule has 0 atom stereocenters. The number of ether oxygens (including phenoxy) is 1. The molecule has 2 aromatic rings. The molecular weight excluding hydrogens is 393 g/mol. The van der Waals surface area contributed by atoms with Crippen LogP contribution in [0, 0.1) is 5.82 Å². The number of halogens is 1. The van der Waals surface area contributed by atoms with Crippen LogP contribution in [0.2, 0.25) is 0 Å². The zero-order valence-electron chi connectivity index (χ0n) is 16.1. The summed E-state index contributed by atoms with van der Waals surface area (Å²) in [5, 5.41) is 0. The second-order valence-electron chi connectivity index (χ2n) is 6.92. The summed E-state index contributed by atoms with van der Waals surface area (Å²) in [5.74, 6) is -1.03. The Hall–Kier alpha value is -2.51. The third-order valence-electron chi connectivity index (χ3n) is 4.82. The van der Waals surface area contributed by atoms with Crippen molar-refractivity contribution in [2.75, 3.05) is 13.1 Å². The zero-order chi connectivity index (χ0) is 20.7. The van der Waals surface area contributed by atoms with E-state index in [9.17, 15) is 17.6 Å². The van der Waals surface area contributed by atoms with Gasteiger partial charge in [0, 0.05) is 24.7 Å². The van der Waals surface area contributed by atoms with Gasteiger partial charge in [-0.2, -0.15) is 4.31 Å². The summed E-state index contributed by atoms with van der Waals surface area (Å²) in [4.78, 5) is 12.1. The van der Waals surface area contributed by atoms with Crippen molar-refractivity contribution in [3.8, 4) is 0 Å². The Bertz CT molecular complexity index is 963. The Labute approximate surface area is 170 Å². The van der Waals surface area contributed by atoms with Gasteiger partial charge in [0.15, 0.2) is 0 Å². The maximum absolute atomic E-state index is 13.5. The van der Waals surface area contributed by atoms with E-state index in [0.29, 0.717) is 24.2 Å². The summed E-state index contributed by atoms with van der Waals surface area (Å²) in [6.45, 7) is 0.957. The third kappa shape index (κ3) is 5.74. The Morgan fingerprint density at radius 1 is 1.00 bits per heavy atom. The molecule has 1 saturated heterocycles. The van der Waals surface area contributed by atoms with Crippen molar-refractivity contribution in [2.45, 2.75) is 37.2 Å². The second-order valence-corrected chi connectivity index (χ2v) is 8.86. The van der Waals surface area contributed by atoms with Gasteiger partial charge in [0.1, 0.15) is 12.4 Å². The van der Waals surface area contributed by atoms with E-state index >= 15 is 0 Å². The quantitative estimate of drug-likeness (QED) is 0.523. The van der Waals surface area contributed by atoms with Crippen molar-refractivity contribution >= 4 is 22.1 Å². The molecule has 0 spiro atoms. The molecule has 0 amide bonds. The van der Waals surface area contributed by atoms with Gasteiger partial charge in [-0.25, -0.2) is 17.6 Å². The smallest absolute Gasteiger partial charge is 0.331 e. The Balaban J connectivity index is 1.59. The Morgan fingerprint density at radius 3 is 2.31 bits per heavy atom. The van der Waals surface area contributed by atoms with E-state index in [4.69, 9.17) is 4.74 Å². The van der Waals surface area contributed by atoms with Gasteiger partial charge in [0.25, 0.3) is 0 Å². The molecule has 7 heteroatoms. The van der Waals surface area contributed by atoms with Gasteiger partial charge in [0.05, 0.1) is 4.90 Å². The van der Waals surface area contributed by atoms with Crippen molar-refractivity contribution in [3.05, 3.63) is 71.6 Å². The summed E-state index contributed by atoms with van der Waals surface area (Å²) in [6, 6.07) is 12.5. The van der Waals surface area contributed by atoms with E-state index in [1.165, 1.54) is 18.2 Å². The predicted octanol–water partition coefficient (Wildman–Crippen LogP) is 4.15. The average Bonchev–Trinajstić information content (AvgIpc) is 3.02. The third-order valence-corrected chi connectivity index (χ3v) is 6.74. The van der Waals surface area contributed by atoms with Crippen LogP contribution in [0.15, 0.2) is 59.5 Å². The molecule has 29 heavy (non-hydrogen) atoms. The number of rotatable bonds is 6. The minimum atomic E-state index is -3.49. The van der Waals surface area contributed by atoms with E-state index in [1.807, 2.05) is 0 Å². The molecule has 1 heterocycles. The molecule has 0 N–H and O–H groups in total. The molecular formula is C22H24FNO4S. The van der Waals surface area contributed by atoms with Crippen LogP contribution in [0.3, 0.4) is 0 Å². The highest BCUT2D eigenvalue weighted by molar-refractivity contribution is 7.89. The molecule has 154 valence electrons. The first-order valence-corrected chi connectivity index (χ1v) is 11.1. The van der Waals surface area contributed by atoms with E-state index in [1.54, 1.807) is 46.8 Å². The number of sulfonamides is 1. The molecule has 0 bridgehead atoms. The molecule has 1 aliphatic heterocycles. The normalized spacial score (nSPS) is 15.9. The lowest BCUT2D eigenvalue weighted by atomic mass is 10.2. The Kier molecular flexibility index (Phi) is 7.17. The first-order valence-electron chi connectivity index (χ1n) is 9.65. The summed E-state index contributed by atoms with van der Waals surface area (Å²) < 4.78 is 45.6. The van der Waals surface area contributed by atoms with Crippen molar-refractivity contribution in [3.63, 3.8) is 0 Å². The lowest BCUT2D eigenvalue weighted by molar-refractivity contribution is -0.138. The number of hydrogen-bond acceptors (Lipinski definition) is 4. The molecule has 5 nitrogen and oxygen atoms in total. The average molecular weight is 418 g/mol. The zero-order valence-corrected chi connectivity index (χ0v) is 16.9. The van der Waals surface area contributed by atoms with Crippen LogP contribution >= 0.6 is 0 Å². The lowest BCUT2D eigenvalue weighted by Gasteiger charge is -2.19. The minimum absolute atomic E-state index is 0.150. The van der Waals surface area contributed by atoms with Gasteiger partial charge in [-0.3, -0.25) is 0 Å². The molecule has 0 aromatic heterocycles. The van der Waals surface area contributed by atoms with E-state index in [0.717, 1.165) is 25.7 Å². The van der Waals surface area contributed by atoms with Crippen molar-refractivity contribution < 1.29 is 22.3 Å². The summed E-state index contributed by atoms with van der Waals surface area (Å²) in [6.07, 6.45) is 6.65. The van der Waals surface area contributed by atoms with Crippen molar-refractivity contribution in [2.24, 2.45) is 0 Å². The molecule has 1 aliphatic rings. The molecule has 0 unspecified atom stereocenters. The van der Waals surface area contributed by atoms with Crippen LogP contribution in [-0.2, 0) is 26.2 Å². The first-order chi connectivity index (χ1) is 14.0. The number of carbonyl (C=O) groups is 1. The van der Waals surface area contributed by atoms with E-state index in [-0.39, 0.29) is 11.5 Å². The topological polar surface area (TPSA) is 63.7 Å². The number of benzene rings is 2. The van der Waals surface area contributed by atoms with Gasteiger partial charge in [-0.05, 0) is 42.7 Å². The maximum atomic E-state index is 13.5. The molecule has 3 rings (SSSR count). The fourth-order valence-electron chi connectivity index (χ4n) is 3.16. The van der Waals surface area contributed by atoms with Gasteiger partial charge in [-0.1, -0.05) is 43.2 Å².